The molecule has 0 saturated heterocycles. The molecule has 0 aromatic heterocycles. The van der Waals surface area contributed by atoms with Crippen molar-refractivity contribution in [3.8, 4) is 5.75 Å². The van der Waals surface area contributed by atoms with Crippen molar-refractivity contribution in [3.63, 3.8) is 0 Å². The second kappa shape index (κ2) is 7.52. The van der Waals surface area contributed by atoms with Crippen molar-refractivity contribution < 1.29 is 19.0 Å². The first-order valence-corrected chi connectivity index (χ1v) is 11.4. The maximum absolute atomic E-state index is 13.0. The van der Waals surface area contributed by atoms with Gasteiger partial charge in [-0.3, -0.25) is 0 Å². The Morgan fingerprint density at radius 3 is 2.72 bits per heavy atom. The van der Waals surface area contributed by atoms with Crippen LogP contribution in [0.4, 0.5) is 5.69 Å². The molecule has 2 aromatic rings. The van der Waals surface area contributed by atoms with Gasteiger partial charge in [0, 0.05) is 36.2 Å². The molecule has 0 unspecified atom stereocenters. The Morgan fingerprint density at radius 1 is 1.09 bits per heavy atom. The van der Waals surface area contributed by atoms with Crippen LogP contribution in [0.1, 0.15) is 29.9 Å². The number of carbonyl (C=O) groups excluding carboxylic acids is 1. The van der Waals surface area contributed by atoms with E-state index in [0.29, 0.717) is 25.0 Å². The van der Waals surface area contributed by atoms with Crippen molar-refractivity contribution in [1.29, 1.82) is 0 Å². The number of fused-ring (bicyclic) bond motifs is 4. The van der Waals surface area contributed by atoms with Crippen molar-refractivity contribution in [1.82, 2.24) is 0 Å². The maximum Gasteiger partial charge on any atom is 0.340 e. The summed E-state index contributed by atoms with van der Waals surface area (Å²) in [4.78, 5) is 15.4. The lowest BCUT2D eigenvalue weighted by atomic mass is 9.64. The van der Waals surface area contributed by atoms with E-state index in [-0.39, 0.29) is 17.9 Å². The van der Waals surface area contributed by atoms with Gasteiger partial charge in [0.05, 0.1) is 25.9 Å². The van der Waals surface area contributed by atoms with Gasteiger partial charge < -0.3 is 19.1 Å². The molecule has 6 rings (SSSR count). The zero-order valence-electron chi connectivity index (χ0n) is 18.4. The predicted octanol–water partition coefficient (Wildman–Crippen LogP) is 4.59. The van der Waals surface area contributed by atoms with E-state index in [1.54, 1.807) is 7.11 Å². The summed E-state index contributed by atoms with van der Waals surface area (Å²) in [5.41, 5.74) is 5.73. The van der Waals surface area contributed by atoms with Crippen LogP contribution in [0.15, 0.2) is 71.5 Å². The topological polar surface area (TPSA) is 48.0 Å². The number of ether oxygens (including phenoxy) is 3. The minimum atomic E-state index is -0.181. The van der Waals surface area contributed by atoms with Crippen LogP contribution in [-0.2, 0) is 20.9 Å². The molecule has 4 aliphatic rings. The largest absolute Gasteiger partial charge is 0.497 e. The third-order valence-corrected chi connectivity index (χ3v) is 7.59. The lowest BCUT2D eigenvalue weighted by Gasteiger charge is -2.43. The van der Waals surface area contributed by atoms with E-state index in [4.69, 9.17) is 14.2 Å². The molecule has 0 N–H and O–H groups in total. The molecule has 0 fully saturated rings. The SMILES string of the molecule is COc1ccc(COC[C@@H]2C3=C4C(=CCC[C@@H]4[C@H]4c5ccccc5N(C)[C@H]42)OC3=O)cc1. The molecule has 0 radical (unpaired) electrons. The molecule has 2 aliphatic carbocycles. The summed E-state index contributed by atoms with van der Waals surface area (Å²) in [7, 11) is 3.82. The predicted molar refractivity (Wildman–Crippen MR) is 121 cm³/mol. The van der Waals surface area contributed by atoms with Crippen molar-refractivity contribution in [2.24, 2.45) is 11.8 Å². The van der Waals surface area contributed by atoms with Crippen LogP contribution in [0, 0.1) is 11.8 Å². The lowest BCUT2D eigenvalue weighted by molar-refractivity contribution is -0.134. The highest BCUT2D eigenvalue weighted by atomic mass is 16.5. The molecular formula is C27H27NO4. The van der Waals surface area contributed by atoms with E-state index >= 15 is 0 Å². The summed E-state index contributed by atoms with van der Waals surface area (Å²) in [6, 6.07) is 16.8. The van der Waals surface area contributed by atoms with Gasteiger partial charge >= 0.3 is 5.97 Å². The van der Waals surface area contributed by atoms with Crippen LogP contribution in [-0.4, -0.2) is 32.8 Å². The first-order chi connectivity index (χ1) is 15.7. The number of esters is 1. The molecule has 0 spiro atoms. The van der Waals surface area contributed by atoms with Crippen molar-refractivity contribution in [2.75, 3.05) is 25.7 Å². The third-order valence-electron chi connectivity index (χ3n) is 7.59. The number of rotatable bonds is 5. The zero-order valence-corrected chi connectivity index (χ0v) is 18.4. The van der Waals surface area contributed by atoms with Gasteiger partial charge in [0.1, 0.15) is 11.5 Å². The summed E-state index contributed by atoms with van der Waals surface area (Å²) in [6.07, 6.45) is 4.11. The molecule has 2 aliphatic heterocycles. The standard InChI is InChI=1S/C27H27NO4/c1-28-21-8-4-3-6-18(21)23-19-7-5-9-22-24(19)25(27(29)32-22)20(26(23)28)15-31-14-16-10-12-17(30-2)13-11-16/h3-4,6,8-13,19-20,23,26H,5,7,14-15H2,1-2H3/t19-,20-,23-,26+/m1/s1. The molecule has 164 valence electrons. The Morgan fingerprint density at radius 2 is 1.91 bits per heavy atom. The Kier molecular flexibility index (Phi) is 4.61. The second-order valence-electron chi connectivity index (χ2n) is 9.12. The van der Waals surface area contributed by atoms with Gasteiger partial charge in [-0.1, -0.05) is 30.3 Å². The van der Waals surface area contributed by atoms with Crippen molar-refractivity contribution in [2.45, 2.75) is 31.4 Å². The minimum absolute atomic E-state index is 0.0293. The maximum atomic E-state index is 13.0. The number of nitrogens with zero attached hydrogens (tertiary/aromatic N) is 1. The van der Waals surface area contributed by atoms with Gasteiger partial charge in [-0.15, -0.1) is 0 Å². The first kappa shape index (κ1) is 19.6. The van der Waals surface area contributed by atoms with Crippen LogP contribution in [0.2, 0.25) is 0 Å². The van der Waals surface area contributed by atoms with Crippen LogP contribution < -0.4 is 9.64 Å². The minimum Gasteiger partial charge on any atom is -0.497 e. The molecule has 2 heterocycles. The Balaban J connectivity index is 1.34. The molecule has 0 saturated carbocycles. The molecule has 0 bridgehead atoms. The van der Waals surface area contributed by atoms with Crippen LogP contribution in [0.5, 0.6) is 5.75 Å². The van der Waals surface area contributed by atoms with E-state index in [9.17, 15) is 4.79 Å². The number of hydrogen-bond acceptors (Lipinski definition) is 5. The summed E-state index contributed by atoms with van der Waals surface area (Å²) >= 11 is 0. The Hall–Kier alpha value is -3.05. The van der Waals surface area contributed by atoms with Gasteiger partial charge in [0.15, 0.2) is 0 Å². The number of methoxy groups -OCH3 is 1. The van der Waals surface area contributed by atoms with Gasteiger partial charge in [-0.2, -0.15) is 0 Å². The highest BCUT2D eigenvalue weighted by molar-refractivity contribution is 5.96. The van der Waals surface area contributed by atoms with Crippen molar-refractivity contribution >= 4 is 11.7 Å². The van der Waals surface area contributed by atoms with E-state index < -0.39 is 0 Å². The number of allylic oxidation sites excluding steroid dienone is 2. The molecular weight excluding hydrogens is 402 g/mol. The monoisotopic (exact) mass is 429 g/mol. The zero-order chi connectivity index (χ0) is 21.8. The number of anilines is 1. The Bertz CT molecular complexity index is 1130. The fraction of sp³-hybridized carbons (Fsp3) is 0.370. The van der Waals surface area contributed by atoms with Crippen LogP contribution >= 0.6 is 0 Å². The van der Waals surface area contributed by atoms with Gasteiger partial charge in [0.2, 0.25) is 0 Å². The van der Waals surface area contributed by atoms with Gasteiger partial charge in [-0.25, -0.2) is 4.79 Å². The summed E-state index contributed by atoms with van der Waals surface area (Å²) in [5.74, 6) is 2.09. The molecule has 5 nitrogen and oxygen atoms in total. The van der Waals surface area contributed by atoms with E-state index in [0.717, 1.165) is 41.1 Å². The average molecular weight is 430 g/mol. The molecule has 4 atom stereocenters. The average Bonchev–Trinajstić information content (AvgIpc) is 3.32. The van der Waals surface area contributed by atoms with E-state index in [1.165, 1.54) is 11.3 Å². The summed E-state index contributed by atoms with van der Waals surface area (Å²) < 4.78 is 17.2. The van der Waals surface area contributed by atoms with E-state index in [1.807, 2.05) is 24.3 Å². The molecule has 5 heteroatoms. The molecule has 2 aromatic carbocycles. The second-order valence-corrected chi connectivity index (χ2v) is 9.12. The lowest BCUT2D eigenvalue weighted by Crippen LogP contribution is -2.47. The van der Waals surface area contributed by atoms with Crippen molar-refractivity contribution in [3.05, 3.63) is 82.6 Å². The first-order valence-electron chi connectivity index (χ1n) is 11.4. The van der Waals surface area contributed by atoms with E-state index in [2.05, 4.69) is 42.3 Å². The van der Waals surface area contributed by atoms with Gasteiger partial charge in [-0.05, 0) is 54.2 Å². The molecule has 0 amide bonds. The number of para-hydroxylation sites is 1. The third kappa shape index (κ3) is 2.84. The summed E-state index contributed by atoms with van der Waals surface area (Å²) in [6.45, 7) is 0.984. The summed E-state index contributed by atoms with van der Waals surface area (Å²) in [5, 5.41) is 0. The molecule has 32 heavy (non-hydrogen) atoms. The number of carbonyl (C=O) groups is 1. The smallest absolute Gasteiger partial charge is 0.340 e. The highest BCUT2D eigenvalue weighted by Crippen LogP contribution is 2.59. The fourth-order valence-corrected chi connectivity index (χ4v) is 6.26. The van der Waals surface area contributed by atoms with Crippen LogP contribution in [0.25, 0.3) is 0 Å². The Labute approximate surface area is 188 Å². The number of benzene rings is 2. The number of hydrogen-bond donors (Lipinski definition) is 0. The fourth-order valence-electron chi connectivity index (χ4n) is 6.26. The number of likely N-dealkylation sites (N-methyl/N-ethyl adjacent to an activating group) is 1. The highest BCUT2D eigenvalue weighted by Gasteiger charge is 2.56. The normalized spacial score (nSPS) is 27.5. The quantitative estimate of drug-likeness (QED) is 0.651. The van der Waals surface area contributed by atoms with Gasteiger partial charge in [0.25, 0.3) is 0 Å². The van der Waals surface area contributed by atoms with Crippen LogP contribution in [0.3, 0.4) is 0 Å².